The summed E-state index contributed by atoms with van der Waals surface area (Å²) in [6.07, 6.45) is -1.07. The van der Waals surface area contributed by atoms with Crippen LogP contribution in [0, 0.1) is 17.1 Å². The number of methoxy groups -OCH3 is 1. The fraction of sp³-hybridized carbons (Fsp3) is 0.364. The molecule has 2 aromatic carbocycles. The predicted molar refractivity (Wildman–Crippen MR) is 111 cm³/mol. The number of anilines is 1. The quantitative estimate of drug-likeness (QED) is 0.651. The molecule has 0 heterocycles. The van der Waals surface area contributed by atoms with Gasteiger partial charge in [-0.3, -0.25) is 5.32 Å². The second-order valence-corrected chi connectivity index (χ2v) is 6.76. The highest BCUT2D eigenvalue weighted by Crippen LogP contribution is 2.26. The number of benzene rings is 2. The number of nitrogens with one attached hydrogen (secondary N) is 1. The Hall–Kier alpha value is -3.15. The zero-order valence-electron chi connectivity index (χ0n) is 17.3. The molecule has 0 saturated heterocycles. The van der Waals surface area contributed by atoms with Crippen molar-refractivity contribution in [1.82, 2.24) is 4.90 Å². The Balaban J connectivity index is 2.01. The molecule has 0 saturated carbocycles. The summed E-state index contributed by atoms with van der Waals surface area (Å²) in [5.74, 6) is -0.0178. The Labute approximate surface area is 175 Å². The van der Waals surface area contributed by atoms with Crippen LogP contribution in [0.25, 0.3) is 0 Å². The van der Waals surface area contributed by atoms with Crippen molar-refractivity contribution in [3.63, 3.8) is 0 Å². The Morgan fingerprint density at radius 2 is 2.03 bits per heavy atom. The van der Waals surface area contributed by atoms with Crippen molar-refractivity contribution in [1.29, 1.82) is 5.26 Å². The van der Waals surface area contributed by atoms with Crippen molar-refractivity contribution in [3.8, 4) is 11.8 Å². The largest absolute Gasteiger partial charge is 0.497 e. The second-order valence-electron chi connectivity index (χ2n) is 6.76. The van der Waals surface area contributed by atoms with Gasteiger partial charge in [-0.1, -0.05) is 12.1 Å². The Kier molecular flexibility index (Phi) is 8.59. The van der Waals surface area contributed by atoms with E-state index in [0.29, 0.717) is 6.54 Å². The molecule has 30 heavy (non-hydrogen) atoms. The first-order chi connectivity index (χ1) is 14.4. The molecule has 1 amide bonds. The Bertz CT molecular complexity index is 896. The summed E-state index contributed by atoms with van der Waals surface area (Å²) in [5.41, 5.74) is 1.04. The maximum Gasteiger partial charge on any atom is 0.411 e. The lowest BCUT2D eigenvalue weighted by Gasteiger charge is -2.21. The summed E-state index contributed by atoms with van der Waals surface area (Å²) in [7, 11) is 3.47. The molecule has 0 aliphatic carbocycles. The fourth-order valence-corrected chi connectivity index (χ4v) is 2.91. The van der Waals surface area contributed by atoms with Crippen molar-refractivity contribution in [2.45, 2.75) is 19.4 Å². The zero-order chi connectivity index (χ0) is 22.1. The standard InChI is InChI=1S/C22H26FN3O4/c1-4-30-22(28)25-21-17(13-24)11-16(12-19(21)23)20(27)14-26(2)10-9-15-5-7-18(29-3)8-6-15/h5-8,11-12,20,27H,4,9-10,14H2,1-3H3,(H,25,28). The number of nitriles is 1. The number of aliphatic hydroxyl groups excluding tert-OH is 1. The normalized spacial score (nSPS) is 11.6. The lowest BCUT2D eigenvalue weighted by molar-refractivity contribution is 0.127. The number of amides is 1. The molecule has 7 nitrogen and oxygen atoms in total. The van der Waals surface area contributed by atoms with Crippen molar-refractivity contribution in [3.05, 3.63) is 58.9 Å². The summed E-state index contributed by atoms with van der Waals surface area (Å²) in [6, 6.07) is 12.1. The number of carbonyl (C=O) groups excluding carboxylic acids is 1. The van der Waals surface area contributed by atoms with Crippen LogP contribution in [0.4, 0.5) is 14.9 Å². The van der Waals surface area contributed by atoms with Gasteiger partial charge in [-0.25, -0.2) is 9.18 Å². The molecule has 2 aromatic rings. The number of halogens is 1. The highest BCUT2D eigenvalue weighted by atomic mass is 19.1. The monoisotopic (exact) mass is 415 g/mol. The van der Waals surface area contributed by atoms with Crippen LogP contribution < -0.4 is 10.1 Å². The van der Waals surface area contributed by atoms with E-state index in [4.69, 9.17) is 9.47 Å². The number of carbonyl (C=O) groups is 1. The zero-order valence-corrected chi connectivity index (χ0v) is 17.3. The number of nitrogens with zero attached hydrogens (tertiary/aromatic N) is 2. The van der Waals surface area contributed by atoms with E-state index < -0.39 is 18.0 Å². The number of aliphatic hydroxyl groups is 1. The first-order valence-corrected chi connectivity index (χ1v) is 9.54. The van der Waals surface area contributed by atoms with Crippen LogP contribution in [0.1, 0.15) is 29.7 Å². The molecule has 8 heteroatoms. The van der Waals surface area contributed by atoms with E-state index in [2.05, 4.69) is 5.32 Å². The molecule has 2 N–H and O–H groups in total. The minimum atomic E-state index is -0.996. The molecule has 0 aliphatic heterocycles. The van der Waals surface area contributed by atoms with Gasteiger partial charge < -0.3 is 19.5 Å². The summed E-state index contributed by atoms with van der Waals surface area (Å²) in [5, 5.41) is 22.0. The van der Waals surface area contributed by atoms with Gasteiger partial charge in [-0.2, -0.15) is 5.26 Å². The van der Waals surface area contributed by atoms with Crippen LogP contribution in [0.3, 0.4) is 0 Å². The molecule has 0 aliphatic rings. The molecule has 2 rings (SSSR count). The van der Waals surface area contributed by atoms with E-state index in [-0.39, 0.29) is 30.0 Å². The molecule has 160 valence electrons. The van der Waals surface area contributed by atoms with Crippen LogP contribution in [0.2, 0.25) is 0 Å². The van der Waals surface area contributed by atoms with Gasteiger partial charge >= 0.3 is 6.09 Å². The van der Waals surface area contributed by atoms with E-state index in [1.807, 2.05) is 42.3 Å². The topological polar surface area (TPSA) is 94.8 Å². The smallest absolute Gasteiger partial charge is 0.411 e. The molecule has 0 fully saturated rings. The highest BCUT2D eigenvalue weighted by Gasteiger charge is 2.19. The number of rotatable bonds is 9. The predicted octanol–water partition coefficient (Wildman–Crippen LogP) is 3.48. The molecule has 0 aromatic heterocycles. The van der Waals surface area contributed by atoms with Crippen molar-refractivity contribution >= 4 is 11.8 Å². The minimum Gasteiger partial charge on any atom is -0.497 e. The van der Waals surface area contributed by atoms with Crippen molar-refractivity contribution < 1.29 is 23.8 Å². The third-order valence-corrected chi connectivity index (χ3v) is 4.55. The molecule has 0 bridgehead atoms. The third kappa shape index (κ3) is 6.44. The second kappa shape index (κ2) is 11.1. The first-order valence-electron chi connectivity index (χ1n) is 9.54. The van der Waals surface area contributed by atoms with E-state index in [1.165, 1.54) is 6.07 Å². The van der Waals surface area contributed by atoms with E-state index in [1.54, 1.807) is 14.0 Å². The van der Waals surface area contributed by atoms with Gasteiger partial charge in [0.2, 0.25) is 0 Å². The molecule has 1 atom stereocenters. The van der Waals surface area contributed by atoms with E-state index in [0.717, 1.165) is 23.8 Å². The third-order valence-electron chi connectivity index (χ3n) is 4.55. The van der Waals surface area contributed by atoms with E-state index in [9.17, 15) is 19.6 Å². The van der Waals surface area contributed by atoms with Crippen LogP contribution in [-0.4, -0.2) is 50.0 Å². The van der Waals surface area contributed by atoms with Gasteiger partial charge in [0, 0.05) is 13.1 Å². The van der Waals surface area contributed by atoms with Crippen LogP contribution >= 0.6 is 0 Å². The first kappa shape index (κ1) is 23.1. The summed E-state index contributed by atoms with van der Waals surface area (Å²) >= 11 is 0. The van der Waals surface area contributed by atoms with Gasteiger partial charge in [0.15, 0.2) is 0 Å². The number of ether oxygens (including phenoxy) is 2. The number of hydrogen-bond acceptors (Lipinski definition) is 6. The molecular formula is C22H26FN3O4. The minimum absolute atomic E-state index is 0.0852. The SMILES string of the molecule is CCOC(=O)Nc1c(F)cc(C(O)CN(C)CCc2ccc(OC)cc2)cc1C#N. The summed E-state index contributed by atoms with van der Waals surface area (Å²) < 4.78 is 24.3. The maximum absolute atomic E-state index is 14.5. The summed E-state index contributed by atoms with van der Waals surface area (Å²) in [6.45, 7) is 2.67. The number of likely N-dealkylation sites (N-methyl/N-ethyl adjacent to an activating group) is 1. The average Bonchev–Trinajstić information content (AvgIpc) is 2.74. The lowest BCUT2D eigenvalue weighted by atomic mass is 10.0. The van der Waals surface area contributed by atoms with Crippen molar-refractivity contribution in [2.75, 3.05) is 39.2 Å². The molecule has 1 unspecified atom stereocenters. The maximum atomic E-state index is 14.5. The van der Waals surface area contributed by atoms with Crippen molar-refractivity contribution in [2.24, 2.45) is 0 Å². The van der Waals surface area contributed by atoms with Crippen LogP contribution in [-0.2, 0) is 11.2 Å². The average molecular weight is 415 g/mol. The lowest BCUT2D eigenvalue weighted by Crippen LogP contribution is -2.27. The fourth-order valence-electron chi connectivity index (χ4n) is 2.91. The summed E-state index contributed by atoms with van der Waals surface area (Å²) in [4.78, 5) is 13.5. The molecular weight excluding hydrogens is 389 g/mol. The molecule has 0 radical (unpaired) electrons. The van der Waals surface area contributed by atoms with Gasteiger partial charge in [-0.15, -0.1) is 0 Å². The Morgan fingerprint density at radius 1 is 1.33 bits per heavy atom. The van der Waals surface area contributed by atoms with Crippen LogP contribution in [0.5, 0.6) is 5.75 Å². The highest BCUT2D eigenvalue weighted by molar-refractivity contribution is 5.86. The van der Waals surface area contributed by atoms with Crippen LogP contribution in [0.15, 0.2) is 36.4 Å². The Morgan fingerprint density at radius 3 is 2.63 bits per heavy atom. The molecule has 0 spiro atoms. The van der Waals surface area contributed by atoms with Gasteiger partial charge in [0.1, 0.15) is 17.6 Å². The van der Waals surface area contributed by atoms with Gasteiger partial charge in [-0.05, 0) is 55.8 Å². The number of hydrogen-bond donors (Lipinski definition) is 2. The van der Waals surface area contributed by atoms with Gasteiger partial charge in [0.25, 0.3) is 0 Å². The van der Waals surface area contributed by atoms with E-state index >= 15 is 0 Å². The van der Waals surface area contributed by atoms with Gasteiger partial charge in [0.05, 0.1) is 31.1 Å².